The predicted octanol–water partition coefficient (Wildman–Crippen LogP) is 5.24. The van der Waals surface area contributed by atoms with E-state index in [1.165, 1.54) is 0 Å². The molecule has 1 atom stereocenters. The van der Waals surface area contributed by atoms with Gasteiger partial charge in [0.1, 0.15) is 17.9 Å². The summed E-state index contributed by atoms with van der Waals surface area (Å²) in [5.41, 5.74) is 4.25. The minimum Gasteiger partial charge on any atom is -0.489 e. The van der Waals surface area contributed by atoms with Crippen LogP contribution in [0.1, 0.15) is 22.3 Å². The van der Waals surface area contributed by atoms with Crippen LogP contribution in [0.5, 0.6) is 5.75 Å². The highest BCUT2D eigenvalue weighted by molar-refractivity contribution is 7.92. The Kier molecular flexibility index (Phi) is 8.24. The highest BCUT2D eigenvalue weighted by Crippen LogP contribution is 2.34. The number of amides is 1. The van der Waals surface area contributed by atoms with E-state index in [1.54, 1.807) is 42.5 Å². The summed E-state index contributed by atoms with van der Waals surface area (Å²) >= 11 is 6.01. The van der Waals surface area contributed by atoms with Gasteiger partial charge in [-0.3, -0.25) is 9.52 Å². The Morgan fingerprint density at radius 3 is 2.26 bits per heavy atom. The van der Waals surface area contributed by atoms with Crippen LogP contribution in [-0.4, -0.2) is 37.2 Å². The summed E-state index contributed by atoms with van der Waals surface area (Å²) in [5, 5.41) is 13.6. The summed E-state index contributed by atoms with van der Waals surface area (Å²) < 4.78 is 31.2. The lowest BCUT2D eigenvalue weighted by molar-refractivity contribution is -0.147. The second kappa shape index (κ2) is 11.9. The van der Waals surface area contributed by atoms with E-state index in [-0.39, 0.29) is 31.8 Å². The molecule has 3 N–H and O–H groups in total. The standard InChI is InChI=1S/C32H29ClN2O6S/c1-42(39,40)35-28-4-2-3-22(15-28)20-41-29-13-5-21(6-14-29)16-30(36)34-32(31(37)38)18-25-8-7-24(17-26(25)19-32)23-9-11-27(33)12-10-23/h2-15,17,35H,16,18-20H2,1H3,(H,34,36)(H,37,38). The second-order valence-electron chi connectivity index (χ2n) is 10.5. The lowest BCUT2D eigenvalue weighted by Crippen LogP contribution is -2.55. The smallest absolute Gasteiger partial charge is 0.330 e. The molecule has 42 heavy (non-hydrogen) atoms. The second-order valence-corrected chi connectivity index (χ2v) is 12.6. The van der Waals surface area contributed by atoms with Crippen LogP contribution in [0.15, 0.2) is 91.0 Å². The number of fused-ring (bicyclic) bond motifs is 1. The molecule has 0 aromatic heterocycles. The van der Waals surface area contributed by atoms with Crippen LogP contribution in [0.3, 0.4) is 0 Å². The van der Waals surface area contributed by atoms with Gasteiger partial charge in [-0.15, -0.1) is 0 Å². The van der Waals surface area contributed by atoms with Crippen LogP contribution in [0.2, 0.25) is 5.02 Å². The van der Waals surface area contributed by atoms with E-state index in [9.17, 15) is 23.1 Å². The van der Waals surface area contributed by atoms with E-state index in [0.29, 0.717) is 22.0 Å². The zero-order valence-corrected chi connectivity index (χ0v) is 24.3. The van der Waals surface area contributed by atoms with E-state index < -0.39 is 21.5 Å². The van der Waals surface area contributed by atoms with Crippen LogP contribution in [-0.2, 0) is 45.5 Å². The summed E-state index contributed by atoms with van der Waals surface area (Å²) in [4.78, 5) is 25.4. The molecule has 10 heteroatoms. The van der Waals surface area contributed by atoms with E-state index in [4.69, 9.17) is 16.3 Å². The molecule has 1 unspecified atom stereocenters. The minimum atomic E-state index is -3.38. The maximum Gasteiger partial charge on any atom is 0.330 e. The van der Waals surface area contributed by atoms with Crippen molar-refractivity contribution < 1.29 is 27.9 Å². The van der Waals surface area contributed by atoms with E-state index in [1.807, 2.05) is 48.5 Å². The topological polar surface area (TPSA) is 122 Å². The molecule has 0 saturated heterocycles. The molecule has 0 fully saturated rings. The van der Waals surface area contributed by atoms with Crippen molar-refractivity contribution in [2.24, 2.45) is 0 Å². The average molecular weight is 605 g/mol. The van der Waals surface area contributed by atoms with E-state index >= 15 is 0 Å². The Morgan fingerprint density at radius 2 is 1.57 bits per heavy atom. The Bertz CT molecular complexity index is 1740. The molecular weight excluding hydrogens is 576 g/mol. The molecule has 1 aliphatic carbocycles. The number of hydrogen-bond donors (Lipinski definition) is 3. The van der Waals surface area contributed by atoms with Crippen LogP contribution in [0, 0.1) is 0 Å². The number of hydrogen-bond acceptors (Lipinski definition) is 5. The van der Waals surface area contributed by atoms with Gasteiger partial charge in [-0.05, 0) is 69.8 Å². The number of nitrogens with one attached hydrogen (secondary N) is 2. The van der Waals surface area contributed by atoms with Crippen LogP contribution >= 0.6 is 11.6 Å². The normalized spacial score (nSPS) is 16.0. The van der Waals surface area contributed by atoms with Gasteiger partial charge in [-0.2, -0.15) is 0 Å². The van der Waals surface area contributed by atoms with Crippen molar-refractivity contribution >= 4 is 39.2 Å². The molecule has 4 aromatic carbocycles. The van der Waals surface area contributed by atoms with Crippen LogP contribution in [0.25, 0.3) is 11.1 Å². The number of carbonyl (C=O) groups excluding carboxylic acids is 1. The maximum atomic E-state index is 13.0. The first-order valence-electron chi connectivity index (χ1n) is 13.2. The first-order chi connectivity index (χ1) is 20.0. The van der Waals surface area contributed by atoms with Crippen molar-refractivity contribution in [2.75, 3.05) is 11.0 Å². The van der Waals surface area contributed by atoms with Gasteiger partial charge in [0, 0.05) is 23.6 Å². The Balaban J connectivity index is 1.20. The molecule has 0 radical (unpaired) electrons. The quantitative estimate of drug-likeness (QED) is 0.228. The van der Waals surface area contributed by atoms with Crippen molar-refractivity contribution in [3.8, 4) is 16.9 Å². The molecule has 8 nitrogen and oxygen atoms in total. The number of carbonyl (C=O) groups is 2. The SMILES string of the molecule is CS(=O)(=O)Nc1cccc(COc2ccc(CC(=O)NC3(C(=O)O)Cc4ccc(-c5ccc(Cl)cc5)cc4C3)cc2)c1. The number of carboxylic acids is 1. The zero-order valence-electron chi connectivity index (χ0n) is 22.8. The summed E-state index contributed by atoms with van der Waals surface area (Å²) in [6.45, 7) is 0.223. The fourth-order valence-electron chi connectivity index (χ4n) is 5.10. The molecule has 0 aliphatic heterocycles. The van der Waals surface area contributed by atoms with Gasteiger partial charge < -0.3 is 15.2 Å². The highest BCUT2D eigenvalue weighted by atomic mass is 35.5. The third-order valence-electron chi connectivity index (χ3n) is 7.08. The number of anilines is 1. The number of benzene rings is 4. The van der Waals surface area contributed by atoms with Crippen molar-refractivity contribution in [3.05, 3.63) is 118 Å². The van der Waals surface area contributed by atoms with Gasteiger partial charge in [0.15, 0.2) is 0 Å². The number of halogens is 1. The Morgan fingerprint density at radius 1 is 0.881 bits per heavy atom. The molecule has 1 amide bonds. The molecule has 0 spiro atoms. The summed E-state index contributed by atoms with van der Waals surface area (Å²) in [5.74, 6) is -0.878. The first-order valence-corrected chi connectivity index (χ1v) is 15.5. The summed E-state index contributed by atoms with van der Waals surface area (Å²) in [7, 11) is -3.38. The average Bonchev–Trinajstić information content (AvgIpc) is 3.31. The lowest BCUT2D eigenvalue weighted by atomic mass is 9.95. The maximum absolute atomic E-state index is 13.0. The minimum absolute atomic E-state index is 0.0148. The molecule has 0 heterocycles. The van der Waals surface area contributed by atoms with Gasteiger partial charge in [0.2, 0.25) is 15.9 Å². The third kappa shape index (κ3) is 7.10. The molecule has 216 valence electrons. The number of aliphatic carboxylic acids is 1. The van der Waals surface area contributed by atoms with Gasteiger partial charge in [-0.25, -0.2) is 13.2 Å². The fourth-order valence-corrected chi connectivity index (χ4v) is 5.78. The van der Waals surface area contributed by atoms with Crippen molar-refractivity contribution in [1.29, 1.82) is 0 Å². The molecule has 4 aromatic rings. The third-order valence-corrected chi connectivity index (χ3v) is 7.94. The number of carboxylic acid groups (broad SMARTS) is 1. The molecule has 0 saturated carbocycles. The summed E-state index contributed by atoms with van der Waals surface area (Å²) in [6.07, 6.45) is 1.50. The van der Waals surface area contributed by atoms with Crippen LogP contribution < -0.4 is 14.8 Å². The van der Waals surface area contributed by atoms with Gasteiger partial charge in [-0.1, -0.05) is 66.2 Å². The van der Waals surface area contributed by atoms with E-state index in [0.717, 1.165) is 34.1 Å². The predicted molar refractivity (Wildman–Crippen MR) is 162 cm³/mol. The van der Waals surface area contributed by atoms with Gasteiger partial charge in [0.25, 0.3) is 0 Å². The zero-order chi connectivity index (χ0) is 29.9. The summed E-state index contributed by atoms with van der Waals surface area (Å²) in [6, 6.07) is 27.2. The first kappa shape index (κ1) is 29.2. The highest BCUT2D eigenvalue weighted by Gasteiger charge is 2.45. The number of sulfonamides is 1. The van der Waals surface area contributed by atoms with E-state index in [2.05, 4.69) is 10.0 Å². The van der Waals surface area contributed by atoms with Crippen molar-refractivity contribution in [1.82, 2.24) is 5.32 Å². The molecule has 5 rings (SSSR count). The monoisotopic (exact) mass is 604 g/mol. The Labute approximate surface area is 249 Å². The number of rotatable bonds is 10. The lowest BCUT2D eigenvalue weighted by Gasteiger charge is -2.25. The van der Waals surface area contributed by atoms with Crippen LogP contribution in [0.4, 0.5) is 5.69 Å². The molecule has 1 aliphatic rings. The molecular formula is C32H29ClN2O6S. The van der Waals surface area contributed by atoms with Crippen molar-refractivity contribution in [2.45, 2.75) is 31.4 Å². The largest absolute Gasteiger partial charge is 0.489 e. The Hall–Kier alpha value is -4.34. The van der Waals surface area contributed by atoms with Crippen molar-refractivity contribution in [3.63, 3.8) is 0 Å². The molecule has 0 bridgehead atoms. The van der Waals surface area contributed by atoms with Gasteiger partial charge >= 0.3 is 5.97 Å². The fraction of sp³-hybridized carbons (Fsp3) is 0.188. The van der Waals surface area contributed by atoms with Gasteiger partial charge in [0.05, 0.1) is 12.7 Å². The number of ether oxygens (including phenoxy) is 1.